The van der Waals surface area contributed by atoms with Gasteiger partial charge < -0.3 is 10.1 Å². The second kappa shape index (κ2) is 6.40. The first kappa shape index (κ1) is 13.6. The van der Waals surface area contributed by atoms with Crippen molar-refractivity contribution in [3.05, 3.63) is 35.7 Å². The third kappa shape index (κ3) is 3.36. The molecule has 0 bridgehead atoms. The Morgan fingerprint density at radius 3 is 2.53 bits per heavy atom. The number of hydrogen-bond donors (Lipinski definition) is 1. The van der Waals surface area contributed by atoms with E-state index in [1.54, 1.807) is 13.4 Å². The van der Waals surface area contributed by atoms with E-state index in [1.807, 2.05) is 30.8 Å². The van der Waals surface area contributed by atoms with E-state index in [0.29, 0.717) is 12.6 Å². The van der Waals surface area contributed by atoms with Crippen LogP contribution in [0.5, 0.6) is 0 Å². The maximum Gasteiger partial charge on any atom is 0.235 e. The van der Waals surface area contributed by atoms with Gasteiger partial charge in [-0.15, -0.1) is 0 Å². The maximum absolute atomic E-state index is 4.97. The molecular formula is C13H19N5O. The third-order valence-electron chi connectivity index (χ3n) is 2.97. The fourth-order valence-electron chi connectivity index (χ4n) is 1.67. The Morgan fingerprint density at radius 2 is 1.95 bits per heavy atom. The molecule has 2 aromatic heterocycles. The van der Waals surface area contributed by atoms with Crippen LogP contribution in [0.2, 0.25) is 0 Å². The van der Waals surface area contributed by atoms with Crippen LogP contribution in [0.4, 0.5) is 0 Å². The van der Waals surface area contributed by atoms with Crippen molar-refractivity contribution in [2.24, 2.45) is 0 Å². The Balaban J connectivity index is 2.00. The summed E-state index contributed by atoms with van der Waals surface area (Å²) in [5.41, 5.74) is 3.11. The number of rotatable bonds is 6. The second-order valence-corrected chi connectivity index (χ2v) is 4.35. The summed E-state index contributed by atoms with van der Waals surface area (Å²) in [6.45, 7) is 6.24. The van der Waals surface area contributed by atoms with E-state index in [2.05, 4.69) is 20.3 Å². The molecule has 0 unspecified atom stereocenters. The van der Waals surface area contributed by atoms with E-state index in [4.69, 9.17) is 4.74 Å². The third-order valence-corrected chi connectivity index (χ3v) is 2.97. The van der Waals surface area contributed by atoms with Crippen LogP contribution in [0.25, 0.3) is 5.95 Å². The van der Waals surface area contributed by atoms with Gasteiger partial charge in [-0.2, -0.15) is 0 Å². The molecule has 0 fully saturated rings. The normalized spacial score (nSPS) is 10.9. The van der Waals surface area contributed by atoms with E-state index in [9.17, 15) is 0 Å². The summed E-state index contributed by atoms with van der Waals surface area (Å²) in [6, 6.07) is 0. The molecule has 0 aliphatic heterocycles. The van der Waals surface area contributed by atoms with Crippen LogP contribution in [0.1, 0.15) is 17.0 Å². The Kier molecular flexibility index (Phi) is 4.59. The molecule has 6 nitrogen and oxygen atoms in total. The highest BCUT2D eigenvalue weighted by Crippen LogP contribution is 2.09. The molecule has 2 aromatic rings. The molecule has 102 valence electrons. The zero-order valence-electron chi connectivity index (χ0n) is 11.6. The smallest absolute Gasteiger partial charge is 0.235 e. The SMILES string of the molecule is COCCNCc1cnc(-n2cnc(C)c2C)nc1. The highest BCUT2D eigenvalue weighted by atomic mass is 16.5. The second-order valence-electron chi connectivity index (χ2n) is 4.35. The minimum absolute atomic E-state index is 0.652. The molecule has 0 saturated heterocycles. The van der Waals surface area contributed by atoms with Gasteiger partial charge in [0.05, 0.1) is 12.3 Å². The fraction of sp³-hybridized carbons (Fsp3) is 0.462. The first-order chi connectivity index (χ1) is 9.22. The minimum atomic E-state index is 0.652. The summed E-state index contributed by atoms with van der Waals surface area (Å²) in [6.07, 6.45) is 5.41. The van der Waals surface area contributed by atoms with E-state index >= 15 is 0 Å². The molecule has 19 heavy (non-hydrogen) atoms. The van der Waals surface area contributed by atoms with E-state index in [0.717, 1.165) is 30.0 Å². The highest BCUT2D eigenvalue weighted by molar-refractivity contribution is 5.21. The molecule has 0 aromatic carbocycles. The first-order valence-electron chi connectivity index (χ1n) is 6.24. The number of hydrogen-bond acceptors (Lipinski definition) is 5. The highest BCUT2D eigenvalue weighted by Gasteiger charge is 2.06. The van der Waals surface area contributed by atoms with Crippen LogP contribution < -0.4 is 5.32 Å². The van der Waals surface area contributed by atoms with Gasteiger partial charge in [0.25, 0.3) is 0 Å². The van der Waals surface area contributed by atoms with Gasteiger partial charge in [-0.1, -0.05) is 0 Å². The van der Waals surface area contributed by atoms with E-state index in [1.165, 1.54) is 0 Å². The summed E-state index contributed by atoms with van der Waals surface area (Å²) in [5, 5.41) is 3.25. The maximum atomic E-state index is 4.97. The lowest BCUT2D eigenvalue weighted by Crippen LogP contribution is -2.18. The van der Waals surface area contributed by atoms with Gasteiger partial charge in [0.2, 0.25) is 5.95 Å². The van der Waals surface area contributed by atoms with Crippen molar-refractivity contribution < 1.29 is 4.74 Å². The average Bonchev–Trinajstić information content (AvgIpc) is 2.76. The quantitative estimate of drug-likeness (QED) is 0.786. The van der Waals surface area contributed by atoms with Crippen molar-refractivity contribution in [2.45, 2.75) is 20.4 Å². The molecular weight excluding hydrogens is 242 g/mol. The number of nitrogens with one attached hydrogen (secondary N) is 1. The first-order valence-corrected chi connectivity index (χ1v) is 6.24. The van der Waals surface area contributed by atoms with Gasteiger partial charge in [-0.3, -0.25) is 4.57 Å². The van der Waals surface area contributed by atoms with Crippen molar-refractivity contribution in [1.82, 2.24) is 24.8 Å². The Bertz CT molecular complexity index is 520. The predicted octanol–water partition coefficient (Wildman–Crippen LogP) is 1.02. The van der Waals surface area contributed by atoms with Crippen LogP contribution in [0.15, 0.2) is 18.7 Å². The molecule has 0 saturated carbocycles. The summed E-state index contributed by atoms with van der Waals surface area (Å²) in [4.78, 5) is 13.0. The minimum Gasteiger partial charge on any atom is -0.383 e. The largest absolute Gasteiger partial charge is 0.383 e. The van der Waals surface area contributed by atoms with Crippen molar-refractivity contribution >= 4 is 0 Å². The Morgan fingerprint density at radius 1 is 1.21 bits per heavy atom. The Hall–Kier alpha value is -1.79. The number of ether oxygens (including phenoxy) is 1. The summed E-state index contributed by atoms with van der Waals surface area (Å²) in [5.74, 6) is 0.652. The Labute approximate surface area is 112 Å². The molecule has 6 heteroatoms. The van der Waals surface area contributed by atoms with Gasteiger partial charge in [-0.25, -0.2) is 15.0 Å². The number of imidazole rings is 1. The zero-order chi connectivity index (χ0) is 13.7. The summed E-state index contributed by atoms with van der Waals surface area (Å²) in [7, 11) is 1.69. The summed E-state index contributed by atoms with van der Waals surface area (Å²) < 4.78 is 6.85. The molecule has 0 aliphatic carbocycles. The number of methoxy groups -OCH3 is 1. The number of aromatic nitrogens is 4. The van der Waals surface area contributed by atoms with Gasteiger partial charge in [-0.05, 0) is 13.8 Å². The predicted molar refractivity (Wildman–Crippen MR) is 72.2 cm³/mol. The van der Waals surface area contributed by atoms with Crippen molar-refractivity contribution in [2.75, 3.05) is 20.3 Å². The van der Waals surface area contributed by atoms with Gasteiger partial charge in [0.1, 0.15) is 6.33 Å². The van der Waals surface area contributed by atoms with Crippen molar-refractivity contribution in [1.29, 1.82) is 0 Å². The van der Waals surface area contributed by atoms with Crippen LogP contribution in [0, 0.1) is 13.8 Å². The van der Waals surface area contributed by atoms with Gasteiger partial charge in [0, 0.05) is 43.9 Å². The number of nitrogens with zero attached hydrogens (tertiary/aromatic N) is 4. The summed E-state index contributed by atoms with van der Waals surface area (Å²) >= 11 is 0. The lowest BCUT2D eigenvalue weighted by atomic mass is 10.3. The van der Waals surface area contributed by atoms with E-state index < -0.39 is 0 Å². The van der Waals surface area contributed by atoms with Crippen LogP contribution in [0.3, 0.4) is 0 Å². The van der Waals surface area contributed by atoms with Crippen LogP contribution in [-0.2, 0) is 11.3 Å². The van der Waals surface area contributed by atoms with Crippen LogP contribution in [-0.4, -0.2) is 39.8 Å². The van der Waals surface area contributed by atoms with E-state index in [-0.39, 0.29) is 0 Å². The molecule has 0 atom stereocenters. The van der Waals surface area contributed by atoms with Crippen LogP contribution >= 0.6 is 0 Å². The molecule has 0 spiro atoms. The molecule has 0 radical (unpaired) electrons. The van der Waals surface area contributed by atoms with Gasteiger partial charge in [0.15, 0.2) is 0 Å². The monoisotopic (exact) mass is 261 g/mol. The fourth-order valence-corrected chi connectivity index (χ4v) is 1.67. The molecule has 1 N–H and O–H groups in total. The lowest BCUT2D eigenvalue weighted by Gasteiger charge is -2.06. The zero-order valence-corrected chi connectivity index (χ0v) is 11.6. The molecule has 2 rings (SSSR count). The average molecular weight is 261 g/mol. The van der Waals surface area contributed by atoms with Gasteiger partial charge >= 0.3 is 0 Å². The molecule has 0 aliphatic rings. The topological polar surface area (TPSA) is 64.9 Å². The molecule has 0 amide bonds. The number of aryl methyl sites for hydroxylation is 1. The van der Waals surface area contributed by atoms with Crippen molar-refractivity contribution in [3.8, 4) is 5.95 Å². The van der Waals surface area contributed by atoms with Crippen molar-refractivity contribution in [3.63, 3.8) is 0 Å². The molecule has 2 heterocycles. The lowest BCUT2D eigenvalue weighted by molar-refractivity contribution is 0.199. The standard InChI is InChI=1S/C13H19N5O/c1-10-11(2)18(9-17-10)13-15-7-12(8-16-13)6-14-4-5-19-3/h7-9,14H,4-6H2,1-3H3.